The van der Waals surface area contributed by atoms with Crippen molar-refractivity contribution in [2.45, 2.75) is 13.5 Å². The highest BCUT2D eigenvalue weighted by molar-refractivity contribution is 6.32. The molecule has 18 heavy (non-hydrogen) atoms. The number of benzene rings is 2. The van der Waals surface area contributed by atoms with Crippen LogP contribution in [0.1, 0.15) is 11.1 Å². The molecule has 2 aromatic carbocycles. The second-order valence-corrected chi connectivity index (χ2v) is 4.84. The number of halogens is 2. The molecule has 0 bridgehead atoms. The molecule has 0 aliphatic carbocycles. The normalized spacial score (nSPS) is 10.4. The smallest absolute Gasteiger partial charge is 0.138 e. The van der Waals surface area contributed by atoms with Crippen molar-refractivity contribution in [3.8, 4) is 5.75 Å². The number of hydrogen-bond acceptors (Lipinski definition) is 2. The summed E-state index contributed by atoms with van der Waals surface area (Å²) in [5.74, 6) is 0.635. The average Bonchev–Trinajstić information content (AvgIpc) is 2.33. The number of nitrogens with two attached hydrogens (primary N) is 1. The molecular weight excluding hydrogens is 269 g/mol. The third kappa shape index (κ3) is 2.89. The third-order valence-corrected chi connectivity index (χ3v) is 3.28. The van der Waals surface area contributed by atoms with Crippen molar-refractivity contribution in [1.29, 1.82) is 0 Å². The van der Waals surface area contributed by atoms with Gasteiger partial charge in [-0.2, -0.15) is 0 Å². The van der Waals surface area contributed by atoms with Gasteiger partial charge in [-0.1, -0.05) is 35.3 Å². The van der Waals surface area contributed by atoms with E-state index in [0.29, 0.717) is 28.1 Å². The maximum Gasteiger partial charge on any atom is 0.138 e. The Labute approximate surface area is 116 Å². The van der Waals surface area contributed by atoms with Gasteiger partial charge in [0.05, 0.1) is 5.02 Å². The summed E-state index contributed by atoms with van der Waals surface area (Å²) in [5, 5.41) is 1.17. The van der Waals surface area contributed by atoms with Crippen LogP contribution in [0.25, 0.3) is 0 Å². The van der Waals surface area contributed by atoms with Crippen LogP contribution in [0.2, 0.25) is 10.0 Å². The summed E-state index contributed by atoms with van der Waals surface area (Å²) in [7, 11) is 0. The van der Waals surface area contributed by atoms with E-state index in [1.54, 1.807) is 18.2 Å². The third-order valence-electron chi connectivity index (χ3n) is 2.61. The summed E-state index contributed by atoms with van der Waals surface area (Å²) >= 11 is 12.1. The quantitative estimate of drug-likeness (QED) is 0.843. The molecule has 0 unspecified atom stereocenters. The van der Waals surface area contributed by atoms with Crippen LogP contribution in [0.4, 0.5) is 5.69 Å². The summed E-state index contributed by atoms with van der Waals surface area (Å²) in [6.45, 7) is 2.28. The van der Waals surface area contributed by atoms with Crippen molar-refractivity contribution in [2.24, 2.45) is 0 Å². The van der Waals surface area contributed by atoms with Gasteiger partial charge >= 0.3 is 0 Å². The number of aryl methyl sites for hydroxylation is 1. The first-order valence-electron chi connectivity index (χ1n) is 5.50. The van der Waals surface area contributed by atoms with E-state index in [2.05, 4.69) is 0 Å². The van der Waals surface area contributed by atoms with Crippen molar-refractivity contribution in [1.82, 2.24) is 0 Å². The average molecular weight is 282 g/mol. The van der Waals surface area contributed by atoms with Crippen molar-refractivity contribution < 1.29 is 4.74 Å². The number of ether oxygens (including phenoxy) is 1. The van der Waals surface area contributed by atoms with Crippen LogP contribution in [-0.4, -0.2) is 0 Å². The predicted octanol–water partition coefficient (Wildman–Crippen LogP) is 4.46. The van der Waals surface area contributed by atoms with Crippen LogP contribution in [-0.2, 0) is 6.61 Å². The van der Waals surface area contributed by atoms with E-state index in [1.165, 1.54) is 0 Å². The molecule has 0 saturated carbocycles. The molecular formula is C14H13Cl2NO. The lowest BCUT2D eigenvalue weighted by Gasteiger charge is -2.11. The fourth-order valence-corrected chi connectivity index (χ4v) is 2.01. The molecule has 0 aliphatic rings. The molecule has 0 spiro atoms. The molecule has 0 amide bonds. The largest absolute Gasteiger partial charge is 0.487 e. The number of nitrogen functional groups attached to an aromatic ring is 1. The Kier molecular flexibility index (Phi) is 4.00. The van der Waals surface area contributed by atoms with Crippen LogP contribution in [0.15, 0.2) is 36.4 Å². The van der Waals surface area contributed by atoms with Gasteiger partial charge in [0.25, 0.3) is 0 Å². The van der Waals surface area contributed by atoms with E-state index in [-0.39, 0.29) is 0 Å². The molecule has 2 aromatic rings. The van der Waals surface area contributed by atoms with Gasteiger partial charge in [0.1, 0.15) is 12.4 Å². The lowest BCUT2D eigenvalue weighted by Crippen LogP contribution is -2.01. The monoisotopic (exact) mass is 281 g/mol. The van der Waals surface area contributed by atoms with Crippen LogP contribution in [0.5, 0.6) is 5.75 Å². The predicted molar refractivity (Wildman–Crippen MR) is 76.4 cm³/mol. The van der Waals surface area contributed by atoms with Crippen molar-refractivity contribution >= 4 is 28.9 Å². The van der Waals surface area contributed by atoms with E-state index >= 15 is 0 Å². The Morgan fingerprint density at radius 2 is 1.89 bits per heavy atom. The van der Waals surface area contributed by atoms with Gasteiger partial charge in [-0.05, 0) is 36.8 Å². The Morgan fingerprint density at radius 3 is 2.61 bits per heavy atom. The summed E-state index contributed by atoms with van der Waals surface area (Å²) in [6.07, 6.45) is 0. The van der Waals surface area contributed by atoms with Crippen LogP contribution >= 0.6 is 23.2 Å². The van der Waals surface area contributed by atoms with E-state index in [9.17, 15) is 0 Å². The minimum Gasteiger partial charge on any atom is -0.487 e. The van der Waals surface area contributed by atoms with Gasteiger partial charge in [0.15, 0.2) is 0 Å². The van der Waals surface area contributed by atoms with Gasteiger partial charge in [-0.15, -0.1) is 0 Å². The lowest BCUT2D eigenvalue weighted by molar-refractivity contribution is 0.307. The minimum absolute atomic E-state index is 0.300. The fourth-order valence-electron chi connectivity index (χ4n) is 1.60. The van der Waals surface area contributed by atoms with E-state index in [4.69, 9.17) is 33.7 Å². The van der Waals surface area contributed by atoms with Crippen LogP contribution in [0.3, 0.4) is 0 Å². The zero-order valence-electron chi connectivity index (χ0n) is 9.91. The molecule has 2 N–H and O–H groups in total. The van der Waals surface area contributed by atoms with Gasteiger partial charge < -0.3 is 10.5 Å². The molecule has 0 heterocycles. The second kappa shape index (κ2) is 5.51. The van der Waals surface area contributed by atoms with E-state index < -0.39 is 0 Å². The Hall–Kier alpha value is -1.38. The van der Waals surface area contributed by atoms with Crippen LogP contribution < -0.4 is 10.5 Å². The van der Waals surface area contributed by atoms with Crippen molar-refractivity contribution in [2.75, 3.05) is 5.73 Å². The molecule has 94 valence electrons. The Morgan fingerprint density at radius 1 is 1.11 bits per heavy atom. The van der Waals surface area contributed by atoms with Gasteiger partial charge in [-0.25, -0.2) is 0 Å². The van der Waals surface area contributed by atoms with Gasteiger partial charge in [0.2, 0.25) is 0 Å². The topological polar surface area (TPSA) is 35.2 Å². The second-order valence-electron chi connectivity index (χ2n) is 4.03. The lowest BCUT2D eigenvalue weighted by atomic mass is 10.2. The summed E-state index contributed by atoms with van der Waals surface area (Å²) in [5.41, 5.74) is 8.33. The van der Waals surface area contributed by atoms with Crippen molar-refractivity contribution in [3.63, 3.8) is 0 Å². The zero-order chi connectivity index (χ0) is 13.1. The molecule has 0 aromatic heterocycles. The molecule has 2 rings (SSSR count). The van der Waals surface area contributed by atoms with E-state index in [0.717, 1.165) is 11.1 Å². The first-order valence-corrected chi connectivity index (χ1v) is 6.25. The summed E-state index contributed by atoms with van der Waals surface area (Å²) < 4.78 is 5.67. The molecule has 0 aliphatic heterocycles. The standard InChI is InChI=1S/C14H13Cl2NO/c1-9-5-6-12(16)14(7-9)18-8-10-11(15)3-2-4-13(10)17/h2-7H,8,17H2,1H3. The Bertz CT molecular complexity index is 549. The minimum atomic E-state index is 0.300. The first-order chi connectivity index (χ1) is 8.58. The molecule has 0 fully saturated rings. The van der Waals surface area contributed by atoms with Gasteiger partial charge in [-0.3, -0.25) is 0 Å². The molecule has 0 atom stereocenters. The zero-order valence-corrected chi connectivity index (χ0v) is 11.4. The number of anilines is 1. The number of hydrogen-bond donors (Lipinski definition) is 1. The van der Waals surface area contributed by atoms with Crippen LogP contribution in [0, 0.1) is 6.92 Å². The highest BCUT2D eigenvalue weighted by atomic mass is 35.5. The Balaban J connectivity index is 2.19. The molecule has 0 saturated heterocycles. The maximum atomic E-state index is 6.07. The SMILES string of the molecule is Cc1ccc(Cl)c(OCc2c(N)cccc2Cl)c1. The highest BCUT2D eigenvalue weighted by Crippen LogP contribution is 2.28. The summed E-state index contributed by atoms with van der Waals surface area (Å²) in [4.78, 5) is 0. The van der Waals surface area contributed by atoms with E-state index in [1.807, 2.05) is 25.1 Å². The molecule has 0 radical (unpaired) electrons. The summed E-state index contributed by atoms with van der Waals surface area (Å²) in [6, 6.07) is 11.0. The maximum absolute atomic E-state index is 6.07. The molecule has 2 nitrogen and oxygen atoms in total. The first kappa shape index (κ1) is 13.1. The highest BCUT2D eigenvalue weighted by Gasteiger charge is 2.07. The fraction of sp³-hybridized carbons (Fsp3) is 0.143. The number of rotatable bonds is 3. The molecule has 4 heteroatoms. The van der Waals surface area contributed by atoms with Gasteiger partial charge in [0, 0.05) is 16.3 Å². The van der Waals surface area contributed by atoms with Crippen molar-refractivity contribution in [3.05, 3.63) is 57.6 Å².